The first-order valence-corrected chi connectivity index (χ1v) is 7.40. The average molecular weight is 267 g/mol. The first-order chi connectivity index (χ1) is 9.93. The molecule has 0 radical (unpaired) electrons. The van der Waals surface area contributed by atoms with Crippen LogP contribution in [0, 0.1) is 0 Å². The summed E-state index contributed by atoms with van der Waals surface area (Å²) in [5.74, 6) is 1.61. The predicted octanol–water partition coefficient (Wildman–Crippen LogP) is 3.73. The molecule has 2 aromatic rings. The van der Waals surface area contributed by atoms with Crippen molar-refractivity contribution in [3.8, 4) is 5.75 Å². The van der Waals surface area contributed by atoms with Crippen LogP contribution in [0.4, 0.5) is 0 Å². The molecule has 0 amide bonds. The summed E-state index contributed by atoms with van der Waals surface area (Å²) in [7, 11) is 0. The zero-order valence-electron chi connectivity index (χ0n) is 11.7. The number of para-hydroxylation sites is 1. The van der Waals surface area contributed by atoms with E-state index in [2.05, 4.69) is 53.8 Å². The summed E-state index contributed by atoms with van der Waals surface area (Å²) in [6.07, 6.45) is 2.50. The second-order valence-corrected chi connectivity index (χ2v) is 5.36. The van der Waals surface area contributed by atoms with Crippen LogP contribution in [0.3, 0.4) is 0 Å². The van der Waals surface area contributed by atoms with Crippen molar-refractivity contribution in [3.05, 3.63) is 65.7 Å². The van der Waals surface area contributed by atoms with Gasteiger partial charge in [0, 0.05) is 12.5 Å². The molecule has 1 atom stereocenters. The minimum absolute atomic E-state index is 0.579. The smallest absolute Gasteiger partial charge is 0.123 e. The van der Waals surface area contributed by atoms with Gasteiger partial charge in [0.2, 0.25) is 0 Å². The van der Waals surface area contributed by atoms with Crippen LogP contribution in [0.5, 0.6) is 5.75 Å². The van der Waals surface area contributed by atoms with Crippen molar-refractivity contribution in [1.29, 1.82) is 0 Å². The minimum Gasteiger partial charge on any atom is -0.489 e. The molecule has 3 rings (SSSR count). The molecule has 1 N–H and O–H groups in total. The fourth-order valence-electron chi connectivity index (χ4n) is 2.80. The number of ether oxygens (including phenoxy) is 1. The lowest BCUT2D eigenvalue weighted by molar-refractivity contribution is 0.298. The van der Waals surface area contributed by atoms with Gasteiger partial charge >= 0.3 is 0 Å². The van der Waals surface area contributed by atoms with Gasteiger partial charge in [-0.1, -0.05) is 48.5 Å². The van der Waals surface area contributed by atoms with Gasteiger partial charge in [-0.2, -0.15) is 0 Å². The Morgan fingerprint density at radius 1 is 1.00 bits per heavy atom. The summed E-state index contributed by atoms with van der Waals surface area (Å²) >= 11 is 0. The van der Waals surface area contributed by atoms with E-state index in [1.807, 2.05) is 6.07 Å². The van der Waals surface area contributed by atoms with Crippen LogP contribution in [0.1, 0.15) is 29.9 Å². The van der Waals surface area contributed by atoms with Crippen molar-refractivity contribution in [1.82, 2.24) is 5.32 Å². The van der Waals surface area contributed by atoms with Crippen LogP contribution in [0.25, 0.3) is 0 Å². The van der Waals surface area contributed by atoms with Gasteiger partial charge in [0.05, 0.1) is 0 Å². The Hall–Kier alpha value is -1.80. The lowest BCUT2D eigenvalue weighted by Gasteiger charge is -2.25. The number of rotatable bonds is 4. The SMILES string of the molecule is c1ccc(COc2ccccc2C2CCCNC2)cc1. The van der Waals surface area contributed by atoms with E-state index >= 15 is 0 Å². The number of benzene rings is 2. The second-order valence-electron chi connectivity index (χ2n) is 5.36. The molecule has 0 saturated carbocycles. The van der Waals surface area contributed by atoms with Gasteiger partial charge in [-0.15, -0.1) is 0 Å². The summed E-state index contributed by atoms with van der Waals surface area (Å²) in [5, 5.41) is 3.48. The van der Waals surface area contributed by atoms with Crippen LogP contribution in [0.2, 0.25) is 0 Å². The summed E-state index contributed by atoms with van der Waals surface area (Å²) in [6.45, 7) is 2.84. The Labute approximate surface area is 120 Å². The first kappa shape index (κ1) is 13.2. The summed E-state index contributed by atoms with van der Waals surface area (Å²) in [5.41, 5.74) is 2.56. The third-order valence-electron chi connectivity index (χ3n) is 3.89. The molecule has 1 fully saturated rings. The number of hydrogen-bond acceptors (Lipinski definition) is 2. The summed E-state index contributed by atoms with van der Waals surface area (Å²) in [6, 6.07) is 18.8. The molecule has 0 spiro atoms. The minimum atomic E-state index is 0.579. The molecule has 20 heavy (non-hydrogen) atoms. The standard InChI is InChI=1S/C18H21NO/c1-2-7-15(8-3-1)14-20-18-11-5-4-10-17(18)16-9-6-12-19-13-16/h1-5,7-8,10-11,16,19H,6,9,12-14H2. The van der Waals surface area contributed by atoms with E-state index in [9.17, 15) is 0 Å². The lowest BCUT2D eigenvalue weighted by Crippen LogP contribution is -2.28. The summed E-state index contributed by atoms with van der Waals surface area (Å²) in [4.78, 5) is 0. The molecule has 1 heterocycles. The molecular formula is C18H21NO. The predicted molar refractivity (Wildman–Crippen MR) is 82.1 cm³/mol. The summed E-state index contributed by atoms with van der Waals surface area (Å²) < 4.78 is 6.05. The third kappa shape index (κ3) is 3.20. The zero-order valence-corrected chi connectivity index (χ0v) is 11.7. The molecule has 104 valence electrons. The fourth-order valence-corrected chi connectivity index (χ4v) is 2.80. The van der Waals surface area contributed by atoms with Gasteiger partial charge in [0.25, 0.3) is 0 Å². The first-order valence-electron chi connectivity index (χ1n) is 7.40. The number of piperidine rings is 1. The van der Waals surface area contributed by atoms with Crippen LogP contribution in [-0.4, -0.2) is 13.1 Å². The molecule has 0 bridgehead atoms. The second kappa shape index (κ2) is 6.58. The maximum Gasteiger partial charge on any atom is 0.123 e. The Bertz CT molecular complexity index is 532. The highest BCUT2D eigenvalue weighted by Crippen LogP contribution is 2.31. The number of hydrogen-bond donors (Lipinski definition) is 1. The van der Waals surface area contributed by atoms with E-state index in [-0.39, 0.29) is 0 Å². The van der Waals surface area contributed by atoms with Gasteiger partial charge in [0.15, 0.2) is 0 Å². The van der Waals surface area contributed by atoms with E-state index in [1.54, 1.807) is 0 Å². The van der Waals surface area contributed by atoms with E-state index in [1.165, 1.54) is 24.0 Å². The average Bonchev–Trinajstić information content (AvgIpc) is 2.55. The van der Waals surface area contributed by atoms with Crippen LogP contribution < -0.4 is 10.1 Å². The van der Waals surface area contributed by atoms with E-state index < -0.39 is 0 Å². The zero-order chi connectivity index (χ0) is 13.6. The molecule has 1 unspecified atom stereocenters. The van der Waals surface area contributed by atoms with Crippen LogP contribution in [0.15, 0.2) is 54.6 Å². The highest BCUT2D eigenvalue weighted by atomic mass is 16.5. The maximum absolute atomic E-state index is 6.05. The van der Waals surface area contributed by atoms with Gasteiger partial charge in [-0.3, -0.25) is 0 Å². The molecule has 1 aliphatic heterocycles. The van der Waals surface area contributed by atoms with Crippen molar-refractivity contribution in [2.24, 2.45) is 0 Å². The molecule has 0 aliphatic carbocycles. The van der Waals surface area contributed by atoms with Crippen molar-refractivity contribution in [2.75, 3.05) is 13.1 Å². The molecule has 1 aliphatic rings. The lowest BCUT2D eigenvalue weighted by atomic mass is 9.91. The molecule has 1 saturated heterocycles. The normalized spacial score (nSPS) is 18.7. The highest BCUT2D eigenvalue weighted by Gasteiger charge is 2.18. The quantitative estimate of drug-likeness (QED) is 0.911. The molecule has 2 heteroatoms. The van der Waals surface area contributed by atoms with E-state index in [0.717, 1.165) is 18.8 Å². The van der Waals surface area contributed by atoms with Crippen molar-refractivity contribution < 1.29 is 4.74 Å². The van der Waals surface area contributed by atoms with Gasteiger partial charge in [-0.05, 0) is 36.6 Å². The largest absolute Gasteiger partial charge is 0.489 e. The Morgan fingerprint density at radius 2 is 1.80 bits per heavy atom. The monoisotopic (exact) mass is 267 g/mol. The van der Waals surface area contributed by atoms with Gasteiger partial charge in [-0.25, -0.2) is 0 Å². The van der Waals surface area contributed by atoms with Crippen molar-refractivity contribution >= 4 is 0 Å². The van der Waals surface area contributed by atoms with Crippen molar-refractivity contribution in [2.45, 2.75) is 25.4 Å². The van der Waals surface area contributed by atoms with Crippen LogP contribution >= 0.6 is 0 Å². The highest BCUT2D eigenvalue weighted by molar-refractivity contribution is 5.37. The molecule has 2 aromatic carbocycles. The van der Waals surface area contributed by atoms with E-state index in [0.29, 0.717) is 12.5 Å². The topological polar surface area (TPSA) is 21.3 Å². The maximum atomic E-state index is 6.05. The third-order valence-corrected chi connectivity index (χ3v) is 3.89. The van der Waals surface area contributed by atoms with E-state index in [4.69, 9.17) is 4.74 Å². The Balaban J connectivity index is 1.72. The van der Waals surface area contributed by atoms with Gasteiger partial charge < -0.3 is 10.1 Å². The fraction of sp³-hybridized carbons (Fsp3) is 0.333. The van der Waals surface area contributed by atoms with Crippen LogP contribution in [-0.2, 0) is 6.61 Å². The molecule has 2 nitrogen and oxygen atoms in total. The molecular weight excluding hydrogens is 246 g/mol. The number of nitrogens with one attached hydrogen (secondary N) is 1. The van der Waals surface area contributed by atoms with Crippen molar-refractivity contribution in [3.63, 3.8) is 0 Å². The Kier molecular flexibility index (Phi) is 4.34. The Morgan fingerprint density at radius 3 is 2.60 bits per heavy atom. The molecule has 0 aromatic heterocycles. The van der Waals surface area contributed by atoms with Gasteiger partial charge in [0.1, 0.15) is 12.4 Å².